The summed E-state index contributed by atoms with van der Waals surface area (Å²) < 4.78 is 11.4. The average Bonchev–Trinajstić information content (AvgIpc) is 3.48. The van der Waals surface area contributed by atoms with Crippen molar-refractivity contribution in [2.45, 2.75) is 36.5 Å². The number of fused-ring (bicyclic) bond motifs is 1. The van der Waals surface area contributed by atoms with Crippen LogP contribution in [0.25, 0.3) is 0 Å². The Bertz CT molecular complexity index is 1560. The molecule has 0 radical (unpaired) electrons. The van der Waals surface area contributed by atoms with Crippen LogP contribution < -0.4 is 39.8 Å². The first-order valence-electron chi connectivity index (χ1n) is 14.7. The van der Waals surface area contributed by atoms with E-state index < -0.39 is 41.3 Å². The van der Waals surface area contributed by atoms with E-state index in [1.165, 1.54) is 18.9 Å². The molecule has 1 amide bonds. The normalized spacial score (nSPS) is 27.4. The number of oxime groups is 1. The first-order chi connectivity index (χ1) is 22.0. The third kappa shape index (κ3) is 8.34. The fourth-order valence-corrected chi connectivity index (χ4v) is 7.90. The number of aliphatic hydroxyl groups is 2. The van der Waals surface area contributed by atoms with Crippen molar-refractivity contribution in [2.75, 3.05) is 52.4 Å². The van der Waals surface area contributed by atoms with Crippen LogP contribution in [0, 0.1) is 5.92 Å². The molecule has 2 aromatic rings. The molecule has 2 unspecified atom stereocenters. The third-order valence-corrected chi connectivity index (χ3v) is 10.5. The van der Waals surface area contributed by atoms with Crippen molar-refractivity contribution < 1.29 is 67.4 Å². The number of piperidine rings is 1. The number of nitrogens with two attached hydrogens (primary N) is 1. The van der Waals surface area contributed by atoms with Gasteiger partial charge in [0.2, 0.25) is 0 Å². The Labute approximate surface area is 297 Å². The number of anilines is 1. The minimum atomic E-state index is -0.860. The summed E-state index contributed by atoms with van der Waals surface area (Å²) in [5, 5.41) is 28.1. The number of methoxy groups -OCH3 is 1. The van der Waals surface area contributed by atoms with E-state index in [1.54, 1.807) is 36.8 Å². The standard InChI is InChI=1S/C31H37N5O8S2.HI/c1-36(12-10-21(37)22(38)13-36)11-4-5-18-15-45-28-24(23(18)30(41)44-14-17-6-8-19(42-2)9-7-17)27(39)26(28)34-29(40)25(35-43-3)20-16-46-31(32)33-20;/h4-9,16,21-22,24,26,28,37-38H,10-15H2,1-3H3,(H2-,32,33,34,40);1H/b5-4+,35-25-;/t21-,22-,24?,26-,28+,36?;/m1./s1. The lowest BCUT2D eigenvalue weighted by atomic mass is 9.71. The highest BCUT2D eigenvalue weighted by Crippen LogP contribution is 2.46. The van der Waals surface area contributed by atoms with Gasteiger partial charge in [0, 0.05) is 22.8 Å². The molecule has 47 heavy (non-hydrogen) atoms. The number of nitrogens with zero attached hydrogens (tertiary/aromatic N) is 3. The maximum atomic E-state index is 13.7. The number of carbonyl (C=O) groups excluding carboxylic acids is 3. The van der Waals surface area contributed by atoms with Gasteiger partial charge in [-0.05, 0) is 29.3 Å². The molecule has 1 aliphatic carbocycles. The molecule has 3 heterocycles. The molecular formula is C31H38IN5O8S2. The van der Waals surface area contributed by atoms with E-state index in [0.717, 1.165) is 16.9 Å². The molecule has 1 aromatic heterocycles. The number of allylic oxidation sites excluding steroid dienone is 1. The number of nitrogen functional groups attached to an aromatic ring is 1. The molecule has 0 bridgehead atoms. The number of benzene rings is 1. The van der Waals surface area contributed by atoms with Gasteiger partial charge < -0.3 is 64.0 Å². The van der Waals surface area contributed by atoms with Gasteiger partial charge in [-0.1, -0.05) is 23.4 Å². The number of thiazole rings is 1. The van der Waals surface area contributed by atoms with Gasteiger partial charge in [-0.2, -0.15) is 11.8 Å². The van der Waals surface area contributed by atoms with Crippen LogP contribution in [0.2, 0.25) is 0 Å². The van der Waals surface area contributed by atoms with Crippen LogP contribution in [0.4, 0.5) is 5.13 Å². The topological polar surface area (TPSA) is 183 Å². The molecule has 6 atom stereocenters. The zero-order valence-corrected chi connectivity index (χ0v) is 29.9. The Morgan fingerprint density at radius 2 is 1.96 bits per heavy atom. The summed E-state index contributed by atoms with van der Waals surface area (Å²) in [6, 6.07) is 6.27. The van der Waals surface area contributed by atoms with Crippen molar-refractivity contribution in [3.8, 4) is 5.75 Å². The van der Waals surface area contributed by atoms with Gasteiger partial charge in [0.05, 0.1) is 44.8 Å². The number of nitrogens with one attached hydrogen (secondary N) is 1. The number of likely N-dealkylation sites (tertiary alicyclic amines) is 1. The molecule has 254 valence electrons. The summed E-state index contributed by atoms with van der Waals surface area (Å²) in [7, 11) is 4.87. The number of aromatic nitrogens is 1. The Kier molecular flexibility index (Phi) is 12.5. The molecule has 1 saturated heterocycles. The number of likely N-dealkylation sites (N-methyl/N-ethyl adjacent to an activating group) is 1. The van der Waals surface area contributed by atoms with Crippen LogP contribution in [0.3, 0.4) is 0 Å². The number of amides is 1. The second kappa shape index (κ2) is 15.9. The van der Waals surface area contributed by atoms with E-state index in [4.69, 9.17) is 20.0 Å². The molecule has 1 aromatic carbocycles. The van der Waals surface area contributed by atoms with Crippen molar-refractivity contribution in [3.05, 3.63) is 64.2 Å². The minimum absolute atomic E-state index is 0. The minimum Gasteiger partial charge on any atom is -1.00 e. The highest BCUT2D eigenvalue weighted by atomic mass is 127. The summed E-state index contributed by atoms with van der Waals surface area (Å²) in [5.41, 5.74) is 7.55. The van der Waals surface area contributed by atoms with Crippen molar-refractivity contribution in [3.63, 3.8) is 0 Å². The summed E-state index contributed by atoms with van der Waals surface area (Å²) in [5.74, 6) is -1.24. The first-order valence-corrected chi connectivity index (χ1v) is 16.6. The molecule has 2 fully saturated rings. The lowest BCUT2D eigenvalue weighted by Gasteiger charge is -2.46. The molecular weight excluding hydrogens is 761 g/mol. The van der Waals surface area contributed by atoms with Crippen LogP contribution in [0.15, 0.2) is 58.1 Å². The van der Waals surface area contributed by atoms with E-state index >= 15 is 0 Å². The lowest BCUT2D eigenvalue weighted by Crippen LogP contribution is -3.00. The number of carbonyl (C=O) groups is 3. The van der Waals surface area contributed by atoms with E-state index in [2.05, 4.69) is 15.5 Å². The molecule has 1 saturated carbocycles. The number of aliphatic hydroxyl groups excluding tert-OH is 2. The highest BCUT2D eigenvalue weighted by molar-refractivity contribution is 8.00. The molecule has 2 aliphatic heterocycles. The Balaban J connectivity index is 0.00000500. The van der Waals surface area contributed by atoms with Crippen molar-refractivity contribution in [1.82, 2.24) is 10.3 Å². The average molecular weight is 800 g/mol. The Hall–Kier alpha value is -3.03. The number of thioether (sulfide) groups is 1. The maximum absolute atomic E-state index is 13.7. The number of hydrogen-bond acceptors (Lipinski definition) is 13. The summed E-state index contributed by atoms with van der Waals surface area (Å²) in [6.45, 7) is 1.67. The predicted molar refractivity (Wildman–Crippen MR) is 173 cm³/mol. The number of ketones is 1. The SMILES string of the molecule is CO/N=C(\C(=O)N[C@@H]1C(=O)C2C(C(=O)OCc3ccc(OC)cc3)=C(/C=C/C[N+]3(C)CC[C@@H](O)[C@H](O)C3)CS[C@@H]21)c1csc(N)n1.[I-]. The fourth-order valence-electron chi connectivity index (χ4n) is 5.87. The van der Waals surface area contributed by atoms with Crippen molar-refractivity contribution in [1.29, 1.82) is 0 Å². The molecule has 13 nitrogen and oxygen atoms in total. The molecule has 0 spiro atoms. The monoisotopic (exact) mass is 799 g/mol. The first kappa shape index (κ1) is 36.8. The number of esters is 1. The van der Waals surface area contributed by atoms with Gasteiger partial charge in [0.15, 0.2) is 16.6 Å². The maximum Gasteiger partial charge on any atom is 0.335 e. The van der Waals surface area contributed by atoms with E-state index in [1.807, 2.05) is 19.2 Å². The number of quaternary nitrogens is 1. The summed E-state index contributed by atoms with van der Waals surface area (Å²) in [4.78, 5) is 49.4. The number of ether oxygens (including phenoxy) is 2. The van der Waals surface area contributed by atoms with Crippen molar-refractivity contribution in [2.24, 2.45) is 11.1 Å². The fraction of sp³-hybridized carbons (Fsp3) is 0.452. The largest absolute Gasteiger partial charge is 1.00 e. The number of hydrogen-bond donors (Lipinski definition) is 4. The number of rotatable bonds is 11. The second-order valence-electron chi connectivity index (χ2n) is 11.7. The second-order valence-corrected chi connectivity index (χ2v) is 13.8. The van der Waals surface area contributed by atoms with Gasteiger partial charge in [-0.3, -0.25) is 9.59 Å². The van der Waals surface area contributed by atoms with E-state index in [9.17, 15) is 24.6 Å². The summed E-state index contributed by atoms with van der Waals surface area (Å²) >= 11 is 2.62. The van der Waals surface area contributed by atoms with Crippen molar-refractivity contribution >= 4 is 51.6 Å². The van der Waals surface area contributed by atoms with Gasteiger partial charge in [0.1, 0.15) is 43.9 Å². The van der Waals surface area contributed by atoms with Crippen LogP contribution in [-0.2, 0) is 30.6 Å². The molecule has 5 N–H and O–H groups in total. The number of Topliss-reactive ketones (excluding diaryl/α,β-unsaturated/α-hetero) is 1. The molecule has 5 rings (SSSR count). The van der Waals surface area contributed by atoms with Gasteiger partial charge in [-0.25, -0.2) is 9.78 Å². The third-order valence-electron chi connectivity index (χ3n) is 8.46. The van der Waals surface area contributed by atoms with Crippen LogP contribution in [0.5, 0.6) is 5.75 Å². The predicted octanol–water partition coefficient (Wildman–Crippen LogP) is -1.94. The van der Waals surface area contributed by atoms with Gasteiger partial charge in [0.25, 0.3) is 5.91 Å². The van der Waals surface area contributed by atoms with Crippen LogP contribution >= 0.6 is 23.1 Å². The summed E-state index contributed by atoms with van der Waals surface area (Å²) in [6.07, 6.45) is 2.75. The van der Waals surface area contributed by atoms with E-state index in [-0.39, 0.29) is 58.5 Å². The van der Waals surface area contributed by atoms with Gasteiger partial charge >= 0.3 is 5.97 Å². The Morgan fingerprint density at radius 1 is 1.21 bits per heavy atom. The van der Waals surface area contributed by atoms with E-state index in [0.29, 0.717) is 47.6 Å². The highest BCUT2D eigenvalue weighted by Gasteiger charge is 2.56. The number of halogens is 1. The zero-order valence-electron chi connectivity index (χ0n) is 26.1. The molecule has 16 heteroatoms. The smallest absolute Gasteiger partial charge is 0.335 e. The Morgan fingerprint density at radius 3 is 2.60 bits per heavy atom. The molecule has 3 aliphatic rings. The quantitative estimate of drug-likeness (QED) is 0.0653. The zero-order chi connectivity index (χ0) is 33.0. The van der Waals surface area contributed by atoms with Gasteiger partial charge in [-0.15, -0.1) is 11.3 Å². The van der Waals surface area contributed by atoms with Crippen LogP contribution in [-0.4, -0.2) is 113 Å². The van der Waals surface area contributed by atoms with Crippen LogP contribution in [0.1, 0.15) is 17.7 Å². The lowest BCUT2D eigenvalue weighted by molar-refractivity contribution is -0.913.